The minimum Gasteiger partial charge on any atom is -0.478 e. The van der Waals surface area contributed by atoms with Crippen LogP contribution >= 0.6 is 23.2 Å². The highest BCUT2D eigenvalue weighted by Gasteiger charge is 2.33. The van der Waals surface area contributed by atoms with Gasteiger partial charge in [0, 0.05) is 12.0 Å². The van der Waals surface area contributed by atoms with Crippen LogP contribution in [0.25, 0.3) is 0 Å². The lowest BCUT2D eigenvalue weighted by atomic mass is 10.1. The van der Waals surface area contributed by atoms with Crippen LogP contribution < -0.4 is 4.74 Å². The van der Waals surface area contributed by atoms with E-state index < -0.39 is 11.6 Å². The van der Waals surface area contributed by atoms with Gasteiger partial charge in [-0.25, -0.2) is 4.79 Å². The van der Waals surface area contributed by atoms with Crippen LogP contribution in [0, 0.1) is 0 Å². The number of Topliss-reactive ketones (excluding diaryl/α,β-unsaturated/α-hetero) is 1. The lowest BCUT2D eigenvalue weighted by molar-refractivity contribution is -0.152. The fourth-order valence-corrected chi connectivity index (χ4v) is 2.42. The number of rotatable bonds is 3. The van der Waals surface area contributed by atoms with Gasteiger partial charge in [-0.1, -0.05) is 23.2 Å². The van der Waals surface area contributed by atoms with Gasteiger partial charge in [0.1, 0.15) is 10.8 Å². The van der Waals surface area contributed by atoms with E-state index in [0.717, 1.165) is 5.56 Å². The molecule has 6 heteroatoms. The normalized spacial score (nSPS) is 14.4. The van der Waals surface area contributed by atoms with Crippen molar-refractivity contribution < 1.29 is 19.4 Å². The fraction of sp³-hybridized carbons (Fsp3) is 0.385. The number of aryl methyl sites for hydroxylation is 1. The molecule has 0 amide bonds. The quantitative estimate of drug-likeness (QED) is 0.930. The Labute approximate surface area is 120 Å². The van der Waals surface area contributed by atoms with Gasteiger partial charge in [-0.3, -0.25) is 4.79 Å². The van der Waals surface area contributed by atoms with Crippen molar-refractivity contribution >= 4 is 35.0 Å². The number of carboxylic acids is 1. The van der Waals surface area contributed by atoms with E-state index in [4.69, 9.17) is 33.0 Å². The summed E-state index contributed by atoms with van der Waals surface area (Å²) in [6.45, 7) is 2.83. The lowest BCUT2D eigenvalue weighted by Gasteiger charge is -2.23. The third-order valence-corrected chi connectivity index (χ3v) is 3.89. The first-order valence-electron chi connectivity index (χ1n) is 5.70. The van der Waals surface area contributed by atoms with Crippen LogP contribution in [0.2, 0.25) is 10.0 Å². The van der Waals surface area contributed by atoms with E-state index in [2.05, 4.69) is 0 Å². The van der Waals surface area contributed by atoms with Gasteiger partial charge in [0.25, 0.3) is 0 Å². The van der Waals surface area contributed by atoms with Crippen molar-refractivity contribution in [2.24, 2.45) is 0 Å². The predicted octanol–water partition coefficient (Wildman–Crippen LogP) is 3.36. The van der Waals surface area contributed by atoms with Gasteiger partial charge in [0.15, 0.2) is 11.4 Å². The maximum absolute atomic E-state index is 11.7. The Hall–Kier alpha value is -1.26. The van der Waals surface area contributed by atoms with Crippen molar-refractivity contribution in [3.63, 3.8) is 0 Å². The van der Waals surface area contributed by atoms with Crippen molar-refractivity contribution in [1.29, 1.82) is 0 Å². The standard InChI is InChI=1S/C13H12Cl2O4/c1-13(2,12(17)18)19-8-5-6-3-4-7(16)9(6)11(15)10(8)14/h5H,3-4H2,1-2H3,(H,17,18). The molecular formula is C13H12Cl2O4. The second-order valence-electron chi connectivity index (χ2n) is 4.88. The van der Waals surface area contributed by atoms with Gasteiger partial charge in [0.2, 0.25) is 0 Å². The van der Waals surface area contributed by atoms with Crippen LogP contribution in [0.1, 0.15) is 36.2 Å². The Morgan fingerprint density at radius 2 is 1.95 bits per heavy atom. The van der Waals surface area contributed by atoms with Crippen LogP contribution in [0.4, 0.5) is 0 Å². The van der Waals surface area contributed by atoms with Crippen LogP contribution in [-0.2, 0) is 11.2 Å². The molecule has 0 radical (unpaired) electrons. The van der Waals surface area contributed by atoms with E-state index in [9.17, 15) is 9.59 Å². The van der Waals surface area contributed by atoms with Gasteiger partial charge in [-0.2, -0.15) is 0 Å². The van der Waals surface area contributed by atoms with E-state index in [1.54, 1.807) is 6.07 Å². The number of aliphatic carboxylic acids is 1. The van der Waals surface area contributed by atoms with E-state index in [1.165, 1.54) is 13.8 Å². The smallest absolute Gasteiger partial charge is 0.347 e. The summed E-state index contributed by atoms with van der Waals surface area (Å²) >= 11 is 12.1. The van der Waals surface area contributed by atoms with Crippen molar-refractivity contribution in [2.75, 3.05) is 0 Å². The topological polar surface area (TPSA) is 63.6 Å². The molecule has 1 aliphatic carbocycles. The summed E-state index contributed by atoms with van der Waals surface area (Å²) in [5.74, 6) is -0.977. The largest absolute Gasteiger partial charge is 0.478 e. The molecule has 1 aromatic rings. The van der Waals surface area contributed by atoms with Crippen LogP contribution in [0.15, 0.2) is 6.07 Å². The number of carbonyl (C=O) groups is 2. The van der Waals surface area contributed by atoms with Crippen LogP contribution in [0.3, 0.4) is 0 Å². The molecule has 0 aromatic heterocycles. The summed E-state index contributed by atoms with van der Waals surface area (Å²) in [5.41, 5.74) is -0.258. The first-order chi connectivity index (χ1) is 8.74. The molecule has 0 fully saturated rings. The molecule has 1 aliphatic rings. The molecule has 0 aliphatic heterocycles. The Kier molecular flexibility index (Phi) is 3.49. The molecule has 0 saturated heterocycles. The highest BCUT2D eigenvalue weighted by Crippen LogP contribution is 2.41. The summed E-state index contributed by atoms with van der Waals surface area (Å²) in [7, 11) is 0. The summed E-state index contributed by atoms with van der Waals surface area (Å²) < 4.78 is 5.41. The van der Waals surface area contributed by atoms with E-state index in [-0.39, 0.29) is 21.6 Å². The Bertz CT molecular complexity index is 578. The number of hydrogen-bond acceptors (Lipinski definition) is 3. The van der Waals surface area contributed by atoms with Crippen molar-refractivity contribution in [2.45, 2.75) is 32.3 Å². The molecule has 2 rings (SSSR count). The SMILES string of the molecule is CC(C)(Oc1cc2c(c(Cl)c1Cl)C(=O)CC2)C(=O)O. The average Bonchev–Trinajstić information content (AvgIpc) is 2.67. The summed E-state index contributed by atoms with van der Waals surface area (Å²) in [5, 5.41) is 9.25. The number of hydrogen-bond donors (Lipinski definition) is 1. The molecule has 0 atom stereocenters. The minimum atomic E-state index is -1.43. The van der Waals surface area contributed by atoms with Crippen molar-refractivity contribution in [3.05, 3.63) is 27.2 Å². The molecule has 0 saturated carbocycles. The maximum Gasteiger partial charge on any atom is 0.347 e. The maximum atomic E-state index is 11.7. The highest BCUT2D eigenvalue weighted by molar-refractivity contribution is 6.45. The van der Waals surface area contributed by atoms with Gasteiger partial charge in [0.05, 0.1) is 5.02 Å². The second kappa shape index (κ2) is 4.69. The molecule has 19 heavy (non-hydrogen) atoms. The molecule has 0 spiro atoms. The molecule has 4 nitrogen and oxygen atoms in total. The molecule has 102 valence electrons. The monoisotopic (exact) mass is 302 g/mol. The number of benzene rings is 1. The number of carbonyl (C=O) groups excluding carboxylic acids is 1. The molecule has 0 heterocycles. The third kappa shape index (κ3) is 2.42. The van der Waals surface area contributed by atoms with Crippen LogP contribution in [0.5, 0.6) is 5.75 Å². The zero-order valence-corrected chi connectivity index (χ0v) is 11.9. The predicted molar refractivity (Wildman–Crippen MR) is 71.5 cm³/mol. The van der Waals surface area contributed by atoms with Crippen molar-refractivity contribution in [3.8, 4) is 5.75 Å². The Morgan fingerprint density at radius 1 is 1.32 bits per heavy atom. The molecule has 0 unspecified atom stereocenters. The van der Waals surface area contributed by atoms with E-state index in [0.29, 0.717) is 18.4 Å². The average molecular weight is 303 g/mol. The van der Waals surface area contributed by atoms with Crippen LogP contribution in [-0.4, -0.2) is 22.5 Å². The van der Waals surface area contributed by atoms with E-state index >= 15 is 0 Å². The van der Waals surface area contributed by atoms with Gasteiger partial charge >= 0.3 is 5.97 Å². The Balaban J connectivity index is 2.47. The van der Waals surface area contributed by atoms with Crippen molar-refractivity contribution in [1.82, 2.24) is 0 Å². The zero-order valence-electron chi connectivity index (χ0n) is 10.4. The summed E-state index contributed by atoms with van der Waals surface area (Å²) in [4.78, 5) is 22.7. The van der Waals surface area contributed by atoms with Gasteiger partial charge < -0.3 is 9.84 Å². The van der Waals surface area contributed by atoms with Gasteiger partial charge in [-0.15, -0.1) is 0 Å². The second-order valence-corrected chi connectivity index (χ2v) is 5.63. The first kappa shape index (κ1) is 14.2. The fourth-order valence-electron chi connectivity index (χ4n) is 1.92. The lowest BCUT2D eigenvalue weighted by Crippen LogP contribution is -2.38. The molecule has 1 aromatic carbocycles. The third-order valence-electron chi connectivity index (χ3n) is 3.04. The summed E-state index contributed by atoms with van der Waals surface area (Å²) in [6.07, 6.45) is 0.950. The van der Waals surface area contributed by atoms with Gasteiger partial charge in [-0.05, 0) is 31.9 Å². The number of halogens is 2. The number of carboxylic acid groups (broad SMARTS) is 1. The number of fused-ring (bicyclic) bond motifs is 1. The number of ether oxygens (including phenoxy) is 1. The highest BCUT2D eigenvalue weighted by atomic mass is 35.5. The van der Waals surface area contributed by atoms with E-state index in [1.807, 2.05) is 0 Å². The zero-order chi connectivity index (χ0) is 14.4. The summed E-state index contributed by atoms with van der Waals surface area (Å²) in [6, 6.07) is 1.60. The molecule has 0 bridgehead atoms. The molecule has 1 N–H and O–H groups in total. The Morgan fingerprint density at radius 3 is 2.53 bits per heavy atom. The number of ketones is 1. The molecular weight excluding hydrogens is 291 g/mol. The minimum absolute atomic E-state index is 0.0501. The first-order valence-corrected chi connectivity index (χ1v) is 6.46.